The number of carbonyl (C=O) groups excluding carboxylic acids is 1. The maximum Gasteiger partial charge on any atom is 0.252 e. The molecule has 1 aromatic carbocycles. The van der Waals surface area contributed by atoms with Gasteiger partial charge in [0.2, 0.25) is 5.91 Å². The molecule has 1 aromatic heterocycles. The van der Waals surface area contributed by atoms with Crippen molar-refractivity contribution in [3.8, 4) is 5.75 Å². The first-order chi connectivity index (χ1) is 12.1. The molecule has 1 aliphatic heterocycles. The standard InChI is InChI=1S/C19H25N3O3/c1-3-20-18(23)13-7-8-22(11-13)12-15-9-14-10-16(25-4-2)5-6-17(14)21-19(15)24/h5-6,9-10,13H,3-4,7-8,11-12H2,1-2H3,(H,20,23)(H,21,24). The fourth-order valence-corrected chi connectivity index (χ4v) is 3.35. The molecule has 2 N–H and O–H groups in total. The lowest BCUT2D eigenvalue weighted by molar-refractivity contribution is -0.124. The lowest BCUT2D eigenvalue weighted by Crippen LogP contribution is -2.33. The number of hydrogen-bond acceptors (Lipinski definition) is 4. The van der Waals surface area contributed by atoms with Crippen LogP contribution < -0.4 is 15.6 Å². The number of nitrogens with one attached hydrogen (secondary N) is 2. The van der Waals surface area contributed by atoms with E-state index in [-0.39, 0.29) is 17.4 Å². The first-order valence-electron chi connectivity index (χ1n) is 8.89. The first kappa shape index (κ1) is 17.5. The van der Waals surface area contributed by atoms with Crippen LogP contribution in [0, 0.1) is 5.92 Å². The van der Waals surface area contributed by atoms with Crippen LogP contribution in [0.1, 0.15) is 25.8 Å². The van der Waals surface area contributed by atoms with E-state index in [2.05, 4.69) is 15.2 Å². The lowest BCUT2D eigenvalue weighted by Gasteiger charge is -2.16. The van der Waals surface area contributed by atoms with Crippen molar-refractivity contribution >= 4 is 16.8 Å². The van der Waals surface area contributed by atoms with E-state index in [0.717, 1.165) is 35.2 Å². The van der Waals surface area contributed by atoms with Crippen molar-refractivity contribution in [2.75, 3.05) is 26.2 Å². The van der Waals surface area contributed by atoms with Gasteiger partial charge in [-0.15, -0.1) is 0 Å². The second kappa shape index (κ2) is 7.70. The summed E-state index contributed by atoms with van der Waals surface area (Å²) in [5, 5.41) is 3.84. The summed E-state index contributed by atoms with van der Waals surface area (Å²) in [6.45, 7) is 7.22. The van der Waals surface area contributed by atoms with Crippen molar-refractivity contribution < 1.29 is 9.53 Å². The van der Waals surface area contributed by atoms with Gasteiger partial charge in [0.15, 0.2) is 0 Å². The fourth-order valence-electron chi connectivity index (χ4n) is 3.35. The van der Waals surface area contributed by atoms with Gasteiger partial charge < -0.3 is 15.0 Å². The molecule has 1 fully saturated rings. The average molecular weight is 343 g/mol. The summed E-state index contributed by atoms with van der Waals surface area (Å²) in [6.07, 6.45) is 0.839. The topological polar surface area (TPSA) is 74.4 Å². The molecule has 2 heterocycles. The Labute approximate surface area is 147 Å². The van der Waals surface area contributed by atoms with Crippen molar-refractivity contribution in [1.29, 1.82) is 0 Å². The summed E-state index contributed by atoms with van der Waals surface area (Å²) in [6, 6.07) is 7.60. The minimum atomic E-state index is -0.0712. The highest BCUT2D eigenvalue weighted by Gasteiger charge is 2.28. The van der Waals surface area contributed by atoms with Gasteiger partial charge in [-0.3, -0.25) is 14.5 Å². The third-order valence-corrected chi connectivity index (χ3v) is 4.59. The summed E-state index contributed by atoms with van der Waals surface area (Å²) in [4.78, 5) is 29.4. The Bertz CT molecular complexity index is 815. The third kappa shape index (κ3) is 4.02. The van der Waals surface area contributed by atoms with Gasteiger partial charge in [-0.05, 0) is 51.1 Å². The zero-order valence-electron chi connectivity index (χ0n) is 14.8. The quantitative estimate of drug-likeness (QED) is 0.840. The highest BCUT2D eigenvalue weighted by Crippen LogP contribution is 2.21. The largest absolute Gasteiger partial charge is 0.494 e. The first-order valence-corrected chi connectivity index (χ1v) is 8.89. The molecular weight excluding hydrogens is 318 g/mol. The molecule has 6 nitrogen and oxygen atoms in total. The Morgan fingerprint density at radius 3 is 2.96 bits per heavy atom. The molecule has 1 aliphatic rings. The number of benzene rings is 1. The Hall–Kier alpha value is -2.34. The molecule has 0 bridgehead atoms. The smallest absolute Gasteiger partial charge is 0.252 e. The molecular formula is C19H25N3O3. The van der Waals surface area contributed by atoms with Crippen molar-refractivity contribution in [3.05, 3.63) is 40.2 Å². The minimum absolute atomic E-state index is 0.0176. The number of pyridine rings is 1. The molecule has 25 heavy (non-hydrogen) atoms. The van der Waals surface area contributed by atoms with Crippen molar-refractivity contribution in [3.63, 3.8) is 0 Å². The van der Waals surface area contributed by atoms with Crippen LogP contribution in [0.3, 0.4) is 0 Å². The fraction of sp³-hybridized carbons (Fsp3) is 0.474. The van der Waals surface area contributed by atoms with E-state index in [0.29, 0.717) is 26.2 Å². The van der Waals surface area contributed by atoms with Gasteiger partial charge in [-0.2, -0.15) is 0 Å². The van der Waals surface area contributed by atoms with Gasteiger partial charge in [-0.25, -0.2) is 0 Å². The summed E-state index contributed by atoms with van der Waals surface area (Å²) >= 11 is 0. The average Bonchev–Trinajstić information content (AvgIpc) is 3.05. The number of hydrogen-bond donors (Lipinski definition) is 2. The Kier molecular flexibility index (Phi) is 5.38. The number of nitrogens with zero attached hydrogens (tertiary/aromatic N) is 1. The second-order valence-corrected chi connectivity index (χ2v) is 6.42. The van der Waals surface area contributed by atoms with E-state index in [9.17, 15) is 9.59 Å². The maximum atomic E-state index is 12.4. The molecule has 1 atom stereocenters. The number of carbonyl (C=O) groups is 1. The van der Waals surface area contributed by atoms with E-state index in [1.54, 1.807) is 0 Å². The summed E-state index contributed by atoms with van der Waals surface area (Å²) in [7, 11) is 0. The molecule has 6 heteroatoms. The number of aromatic amines is 1. The Morgan fingerprint density at radius 1 is 1.36 bits per heavy atom. The molecule has 1 amide bonds. The normalized spacial score (nSPS) is 17.8. The highest BCUT2D eigenvalue weighted by molar-refractivity contribution is 5.80. The number of likely N-dealkylation sites (tertiary alicyclic amines) is 1. The summed E-state index contributed by atoms with van der Waals surface area (Å²) in [5.41, 5.74) is 1.45. The van der Waals surface area contributed by atoms with Crippen molar-refractivity contribution in [2.24, 2.45) is 5.92 Å². The van der Waals surface area contributed by atoms with Crippen LogP contribution in [0.25, 0.3) is 10.9 Å². The Morgan fingerprint density at radius 2 is 2.20 bits per heavy atom. The number of rotatable bonds is 6. The molecule has 134 valence electrons. The van der Waals surface area contributed by atoms with E-state index in [1.807, 2.05) is 38.1 Å². The van der Waals surface area contributed by atoms with Gasteiger partial charge in [0, 0.05) is 36.1 Å². The number of H-pyrrole nitrogens is 1. The summed E-state index contributed by atoms with van der Waals surface area (Å²) in [5.74, 6) is 0.924. The van der Waals surface area contributed by atoms with E-state index in [4.69, 9.17) is 4.74 Å². The maximum absolute atomic E-state index is 12.4. The summed E-state index contributed by atoms with van der Waals surface area (Å²) < 4.78 is 5.53. The van der Waals surface area contributed by atoms with Crippen LogP contribution in [0.2, 0.25) is 0 Å². The Balaban J connectivity index is 1.76. The van der Waals surface area contributed by atoms with Crippen molar-refractivity contribution in [2.45, 2.75) is 26.8 Å². The molecule has 1 saturated heterocycles. The highest BCUT2D eigenvalue weighted by atomic mass is 16.5. The van der Waals surface area contributed by atoms with E-state index in [1.165, 1.54) is 0 Å². The van der Waals surface area contributed by atoms with Crippen LogP contribution in [-0.4, -0.2) is 42.0 Å². The molecule has 0 saturated carbocycles. The molecule has 0 spiro atoms. The zero-order valence-corrected chi connectivity index (χ0v) is 14.8. The van der Waals surface area contributed by atoms with Gasteiger partial charge in [0.05, 0.1) is 12.5 Å². The monoisotopic (exact) mass is 343 g/mol. The minimum Gasteiger partial charge on any atom is -0.494 e. The number of fused-ring (bicyclic) bond motifs is 1. The molecule has 0 radical (unpaired) electrons. The zero-order chi connectivity index (χ0) is 17.8. The molecule has 1 unspecified atom stereocenters. The van der Waals surface area contributed by atoms with Crippen LogP contribution in [-0.2, 0) is 11.3 Å². The van der Waals surface area contributed by atoms with Gasteiger partial charge in [0.25, 0.3) is 5.56 Å². The van der Waals surface area contributed by atoms with E-state index < -0.39 is 0 Å². The van der Waals surface area contributed by atoms with E-state index >= 15 is 0 Å². The molecule has 0 aliphatic carbocycles. The van der Waals surface area contributed by atoms with Crippen LogP contribution in [0.5, 0.6) is 5.75 Å². The van der Waals surface area contributed by atoms with Gasteiger partial charge in [0.1, 0.15) is 5.75 Å². The SMILES string of the molecule is CCNC(=O)C1CCN(Cc2cc3cc(OCC)ccc3[nH]c2=O)C1. The number of aromatic nitrogens is 1. The van der Waals surface area contributed by atoms with Crippen LogP contribution in [0.4, 0.5) is 0 Å². The molecule has 2 aromatic rings. The third-order valence-electron chi connectivity index (χ3n) is 4.59. The predicted molar refractivity (Wildman–Crippen MR) is 97.8 cm³/mol. The number of ether oxygens (including phenoxy) is 1. The predicted octanol–water partition coefficient (Wildman–Crippen LogP) is 1.88. The van der Waals surface area contributed by atoms with Gasteiger partial charge >= 0.3 is 0 Å². The lowest BCUT2D eigenvalue weighted by atomic mass is 10.1. The van der Waals surface area contributed by atoms with Crippen molar-refractivity contribution in [1.82, 2.24) is 15.2 Å². The van der Waals surface area contributed by atoms with Crippen LogP contribution >= 0.6 is 0 Å². The number of amides is 1. The van der Waals surface area contributed by atoms with Crippen LogP contribution in [0.15, 0.2) is 29.1 Å². The molecule has 3 rings (SSSR count). The second-order valence-electron chi connectivity index (χ2n) is 6.42. The van der Waals surface area contributed by atoms with Gasteiger partial charge in [-0.1, -0.05) is 0 Å².